The fourth-order valence-corrected chi connectivity index (χ4v) is 4.54. The largest absolute Gasteiger partial charge is 0.744 e. The SMILES string of the molecule is CC(C)=CCC/C(C)=C\CC/C(C)=C/CCC[n+]1cccc2ccccc21.Cc1ccc(S(=O)(=O)[O-])cc1. The van der Waals surface area contributed by atoms with E-state index >= 15 is 0 Å². The molecule has 1 heterocycles. The molecule has 4 nitrogen and oxygen atoms in total. The maximum Gasteiger partial charge on any atom is 0.212 e. The van der Waals surface area contributed by atoms with Gasteiger partial charge in [0, 0.05) is 23.9 Å². The highest BCUT2D eigenvalue weighted by atomic mass is 32.2. The van der Waals surface area contributed by atoms with Crippen LogP contribution >= 0.6 is 0 Å². The number of benzene rings is 2. The molecule has 5 heteroatoms. The average molecular weight is 534 g/mol. The molecule has 38 heavy (non-hydrogen) atoms. The molecule has 0 spiro atoms. The zero-order valence-electron chi connectivity index (χ0n) is 23.6. The Morgan fingerprint density at radius 2 is 1.37 bits per heavy atom. The van der Waals surface area contributed by atoms with E-state index in [1.54, 1.807) is 12.1 Å². The molecule has 1 aromatic heterocycles. The number of hydrogen-bond donors (Lipinski definition) is 0. The predicted molar refractivity (Wildman–Crippen MR) is 158 cm³/mol. The van der Waals surface area contributed by atoms with Gasteiger partial charge in [0.25, 0.3) is 0 Å². The van der Waals surface area contributed by atoms with Crippen LogP contribution < -0.4 is 4.57 Å². The molecule has 0 amide bonds. The third kappa shape index (κ3) is 12.0. The number of allylic oxidation sites excluding steroid dienone is 6. The first-order valence-electron chi connectivity index (χ1n) is 13.4. The van der Waals surface area contributed by atoms with E-state index in [1.807, 2.05) is 6.92 Å². The third-order valence-corrected chi connectivity index (χ3v) is 7.17. The molecule has 0 aliphatic heterocycles. The van der Waals surface area contributed by atoms with Crippen LogP contribution in [0.3, 0.4) is 0 Å². The van der Waals surface area contributed by atoms with Crippen molar-refractivity contribution in [1.82, 2.24) is 0 Å². The van der Waals surface area contributed by atoms with E-state index in [2.05, 4.69) is 93.1 Å². The standard InChI is InChI=1S/C26H36N.C7H8O3S/c1-22(2)12-9-14-24(4)16-10-15-23(3)13-7-8-20-27-21-11-18-25-17-5-6-19-26(25)27;1-6-2-4-7(5-3-6)11(8,9)10/h5-6,11-13,16-19,21H,7-10,14-15,20H2,1-4H3;2-5H,1H3,(H,8,9,10)/q+1;/p-1/b23-13+,24-16-;. The summed E-state index contributed by atoms with van der Waals surface area (Å²) in [5.74, 6) is 0. The molecule has 3 rings (SSSR count). The first kappa shape index (κ1) is 31.2. The van der Waals surface area contributed by atoms with Crippen molar-refractivity contribution in [2.45, 2.75) is 84.6 Å². The van der Waals surface area contributed by atoms with Crippen LogP contribution in [0.5, 0.6) is 0 Å². The number of para-hydroxylation sites is 1. The van der Waals surface area contributed by atoms with Crippen LogP contribution in [0.1, 0.15) is 71.8 Å². The second-order valence-corrected chi connectivity index (χ2v) is 11.5. The number of unbranched alkanes of at least 4 members (excludes halogenated alkanes) is 1. The van der Waals surface area contributed by atoms with Gasteiger partial charge in [0.15, 0.2) is 6.20 Å². The summed E-state index contributed by atoms with van der Waals surface area (Å²) < 4.78 is 33.5. The normalized spacial score (nSPS) is 12.2. The van der Waals surface area contributed by atoms with Crippen molar-refractivity contribution in [1.29, 1.82) is 0 Å². The number of pyridine rings is 1. The lowest BCUT2D eigenvalue weighted by Crippen LogP contribution is -2.33. The molecule has 0 aliphatic carbocycles. The van der Waals surface area contributed by atoms with E-state index < -0.39 is 10.1 Å². The number of nitrogens with zero attached hydrogens (tertiary/aromatic N) is 1. The van der Waals surface area contributed by atoms with Crippen LogP contribution in [0.4, 0.5) is 0 Å². The summed E-state index contributed by atoms with van der Waals surface area (Å²) in [6.45, 7) is 11.8. The number of aromatic nitrogens is 1. The number of rotatable bonds is 11. The fourth-order valence-electron chi connectivity index (χ4n) is 4.07. The maximum atomic E-state index is 10.4. The Kier molecular flexibility index (Phi) is 13.2. The molecular formula is C33H43NO3S. The summed E-state index contributed by atoms with van der Waals surface area (Å²) in [5, 5.41) is 1.32. The lowest BCUT2D eigenvalue weighted by molar-refractivity contribution is -0.671. The monoisotopic (exact) mass is 533 g/mol. The van der Waals surface area contributed by atoms with E-state index in [9.17, 15) is 13.0 Å². The highest BCUT2D eigenvalue weighted by molar-refractivity contribution is 7.85. The van der Waals surface area contributed by atoms with Crippen molar-refractivity contribution < 1.29 is 17.5 Å². The molecule has 0 unspecified atom stereocenters. The fraction of sp³-hybridized carbons (Fsp3) is 0.364. The third-order valence-electron chi connectivity index (χ3n) is 6.32. The van der Waals surface area contributed by atoms with Gasteiger partial charge >= 0.3 is 0 Å². The van der Waals surface area contributed by atoms with Gasteiger partial charge in [-0.05, 0) is 91.0 Å². The van der Waals surface area contributed by atoms with E-state index in [4.69, 9.17) is 0 Å². The highest BCUT2D eigenvalue weighted by Crippen LogP contribution is 2.13. The average Bonchev–Trinajstić information content (AvgIpc) is 2.86. The summed E-state index contributed by atoms with van der Waals surface area (Å²) >= 11 is 0. The summed E-state index contributed by atoms with van der Waals surface area (Å²) in [4.78, 5) is -0.178. The Morgan fingerprint density at radius 3 is 2.00 bits per heavy atom. The topological polar surface area (TPSA) is 61.1 Å². The van der Waals surface area contributed by atoms with Crippen LogP contribution in [0.2, 0.25) is 0 Å². The molecule has 0 radical (unpaired) electrons. The smallest absolute Gasteiger partial charge is 0.212 e. The number of fused-ring (bicyclic) bond motifs is 1. The molecule has 0 N–H and O–H groups in total. The second kappa shape index (κ2) is 16.1. The van der Waals surface area contributed by atoms with Gasteiger partial charge in [0.2, 0.25) is 5.52 Å². The quantitative estimate of drug-likeness (QED) is 0.108. The Hall–Kier alpha value is -3.02. The number of hydrogen-bond acceptors (Lipinski definition) is 3. The minimum absolute atomic E-state index is 0.178. The van der Waals surface area contributed by atoms with E-state index in [1.165, 1.54) is 71.9 Å². The minimum atomic E-state index is -4.27. The van der Waals surface area contributed by atoms with Gasteiger partial charge in [-0.3, -0.25) is 0 Å². The summed E-state index contributed by atoms with van der Waals surface area (Å²) in [5.41, 5.74) is 6.72. The van der Waals surface area contributed by atoms with Gasteiger partial charge in [-0.2, -0.15) is 4.57 Å². The van der Waals surface area contributed by atoms with Gasteiger partial charge in [0.05, 0.1) is 4.90 Å². The van der Waals surface area contributed by atoms with E-state index in [0.717, 1.165) is 18.5 Å². The molecule has 0 saturated carbocycles. The molecule has 204 valence electrons. The lowest BCUT2D eigenvalue weighted by Gasteiger charge is -2.05. The van der Waals surface area contributed by atoms with Crippen LogP contribution in [-0.4, -0.2) is 13.0 Å². The molecule has 0 saturated heterocycles. The molecule has 0 fully saturated rings. The van der Waals surface area contributed by atoms with Crippen LogP contribution in [-0.2, 0) is 16.7 Å². The van der Waals surface area contributed by atoms with Crippen LogP contribution in [0.15, 0.2) is 107 Å². The summed E-state index contributed by atoms with van der Waals surface area (Å²) in [6.07, 6.45) is 16.4. The zero-order valence-corrected chi connectivity index (χ0v) is 24.4. The molecule has 2 aromatic carbocycles. The molecule has 0 atom stereocenters. The van der Waals surface area contributed by atoms with Crippen molar-refractivity contribution in [3.05, 3.63) is 107 Å². The van der Waals surface area contributed by atoms with E-state index in [-0.39, 0.29) is 4.90 Å². The number of aryl methyl sites for hydroxylation is 2. The lowest BCUT2D eigenvalue weighted by atomic mass is 10.1. The minimum Gasteiger partial charge on any atom is -0.744 e. The second-order valence-electron chi connectivity index (χ2n) is 10.1. The van der Waals surface area contributed by atoms with Gasteiger partial charge in [-0.1, -0.05) is 64.8 Å². The van der Waals surface area contributed by atoms with E-state index in [0.29, 0.717) is 0 Å². The molecule has 0 bridgehead atoms. The van der Waals surface area contributed by atoms with Crippen molar-refractivity contribution in [2.75, 3.05) is 0 Å². The van der Waals surface area contributed by atoms with Crippen molar-refractivity contribution in [2.24, 2.45) is 0 Å². The van der Waals surface area contributed by atoms with Gasteiger partial charge in [0.1, 0.15) is 16.7 Å². The Bertz CT molecular complexity index is 1340. The highest BCUT2D eigenvalue weighted by Gasteiger charge is 2.06. The summed E-state index contributed by atoms with van der Waals surface area (Å²) in [6, 6.07) is 18.7. The molecular weight excluding hydrogens is 490 g/mol. The van der Waals surface area contributed by atoms with Gasteiger partial charge in [-0.15, -0.1) is 0 Å². The first-order chi connectivity index (χ1) is 18.1. The molecule has 3 aromatic rings. The predicted octanol–water partition coefficient (Wildman–Crippen LogP) is 8.23. The van der Waals surface area contributed by atoms with Gasteiger partial charge in [-0.25, -0.2) is 8.42 Å². The first-order valence-corrected chi connectivity index (χ1v) is 14.8. The van der Waals surface area contributed by atoms with Crippen LogP contribution in [0.25, 0.3) is 10.9 Å². The Morgan fingerprint density at radius 1 is 0.789 bits per heavy atom. The maximum absolute atomic E-state index is 10.4. The molecule has 0 aliphatic rings. The van der Waals surface area contributed by atoms with Crippen molar-refractivity contribution >= 4 is 21.0 Å². The Labute approximate surface area is 230 Å². The van der Waals surface area contributed by atoms with Gasteiger partial charge < -0.3 is 4.55 Å². The zero-order chi connectivity index (χ0) is 28.0. The van der Waals surface area contributed by atoms with Crippen molar-refractivity contribution in [3.8, 4) is 0 Å². The summed E-state index contributed by atoms with van der Waals surface area (Å²) in [7, 11) is -4.27. The van der Waals surface area contributed by atoms with Crippen LogP contribution in [0, 0.1) is 6.92 Å². The van der Waals surface area contributed by atoms with Crippen molar-refractivity contribution in [3.63, 3.8) is 0 Å². The Balaban J connectivity index is 0.000000384.